The summed E-state index contributed by atoms with van der Waals surface area (Å²) in [6.45, 7) is -1.05. The molecular formula is C20H18ClNO8. The summed E-state index contributed by atoms with van der Waals surface area (Å²) in [7, 11) is 2.37. The van der Waals surface area contributed by atoms with E-state index in [1.165, 1.54) is 32.4 Å². The summed E-state index contributed by atoms with van der Waals surface area (Å²) >= 11 is 5.75. The van der Waals surface area contributed by atoms with E-state index in [4.69, 9.17) is 21.1 Å². The summed E-state index contributed by atoms with van der Waals surface area (Å²) in [4.78, 5) is 47.4. The molecule has 158 valence electrons. The van der Waals surface area contributed by atoms with Gasteiger partial charge in [-0.2, -0.15) is 0 Å². The Kier molecular flexibility index (Phi) is 8.18. The lowest BCUT2D eigenvalue weighted by molar-refractivity contribution is -0.149. The highest BCUT2D eigenvalue weighted by Crippen LogP contribution is 2.20. The van der Waals surface area contributed by atoms with E-state index >= 15 is 0 Å². The molecule has 0 aromatic heterocycles. The molecule has 0 bridgehead atoms. The van der Waals surface area contributed by atoms with Crippen molar-refractivity contribution in [2.24, 2.45) is 0 Å². The van der Waals surface area contributed by atoms with Crippen molar-refractivity contribution < 1.29 is 38.1 Å². The molecule has 0 aliphatic carbocycles. The van der Waals surface area contributed by atoms with E-state index in [0.29, 0.717) is 10.8 Å². The fourth-order valence-electron chi connectivity index (χ4n) is 2.23. The van der Waals surface area contributed by atoms with Crippen LogP contribution in [0.15, 0.2) is 42.5 Å². The number of methoxy groups -OCH3 is 2. The van der Waals surface area contributed by atoms with E-state index in [1.807, 2.05) is 0 Å². The molecule has 1 N–H and O–H groups in total. The van der Waals surface area contributed by atoms with Gasteiger partial charge in [-0.15, -0.1) is 0 Å². The lowest BCUT2D eigenvalue weighted by Crippen LogP contribution is -2.24. The number of carbonyl (C=O) groups is 4. The SMILES string of the molecule is COC(=O)c1ccc(C(=O)OC)c(NC(=O)COC(=O)COc2ccc(Cl)cc2)c1. The van der Waals surface area contributed by atoms with Gasteiger partial charge >= 0.3 is 17.9 Å². The molecule has 0 spiro atoms. The second kappa shape index (κ2) is 10.8. The minimum atomic E-state index is -0.781. The molecule has 2 rings (SSSR count). The number of hydrogen-bond donors (Lipinski definition) is 1. The van der Waals surface area contributed by atoms with Crippen LogP contribution in [0.2, 0.25) is 5.02 Å². The van der Waals surface area contributed by atoms with Gasteiger partial charge in [-0.1, -0.05) is 11.6 Å². The zero-order valence-corrected chi connectivity index (χ0v) is 16.9. The molecule has 0 saturated carbocycles. The zero-order chi connectivity index (χ0) is 22.1. The van der Waals surface area contributed by atoms with Gasteiger partial charge in [-0.05, 0) is 42.5 Å². The Morgan fingerprint density at radius 1 is 0.900 bits per heavy atom. The molecule has 2 aromatic carbocycles. The molecule has 0 atom stereocenters. The van der Waals surface area contributed by atoms with Crippen LogP contribution in [0.25, 0.3) is 0 Å². The van der Waals surface area contributed by atoms with Crippen LogP contribution in [-0.2, 0) is 23.8 Å². The summed E-state index contributed by atoms with van der Waals surface area (Å²) in [5.41, 5.74) is 0.118. The first-order valence-electron chi connectivity index (χ1n) is 8.48. The molecule has 30 heavy (non-hydrogen) atoms. The predicted molar refractivity (Wildman–Crippen MR) is 106 cm³/mol. The Hall–Kier alpha value is -3.59. The molecule has 2 aromatic rings. The molecule has 0 saturated heterocycles. The molecule has 0 radical (unpaired) electrons. The van der Waals surface area contributed by atoms with Crippen LogP contribution in [-0.4, -0.2) is 51.2 Å². The maximum atomic E-state index is 12.1. The molecule has 0 aliphatic rings. The monoisotopic (exact) mass is 435 g/mol. The summed E-state index contributed by atoms with van der Waals surface area (Å²) in [5.74, 6) is -2.50. The number of esters is 3. The van der Waals surface area contributed by atoms with E-state index in [1.54, 1.807) is 24.3 Å². The van der Waals surface area contributed by atoms with Crippen molar-refractivity contribution in [3.63, 3.8) is 0 Å². The molecule has 0 aliphatic heterocycles. The van der Waals surface area contributed by atoms with Gasteiger partial charge < -0.3 is 24.3 Å². The molecule has 1 amide bonds. The van der Waals surface area contributed by atoms with Gasteiger partial charge in [0.25, 0.3) is 5.91 Å². The number of ether oxygens (including phenoxy) is 4. The van der Waals surface area contributed by atoms with E-state index < -0.39 is 37.0 Å². The van der Waals surface area contributed by atoms with Crippen LogP contribution in [0.4, 0.5) is 5.69 Å². The number of anilines is 1. The van der Waals surface area contributed by atoms with Crippen LogP contribution in [0.1, 0.15) is 20.7 Å². The lowest BCUT2D eigenvalue weighted by Gasteiger charge is -2.12. The van der Waals surface area contributed by atoms with Crippen molar-refractivity contribution in [3.8, 4) is 5.75 Å². The van der Waals surface area contributed by atoms with Crippen LogP contribution in [0.5, 0.6) is 5.75 Å². The van der Waals surface area contributed by atoms with Crippen molar-refractivity contribution in [1.82, 2.24) is 0 Å². The number of benzene rings is 2. The van der Waals surface area contributed by atoms with Gasteiger partial charge in [0.05, 0.1) is 31.0 Å². The molecule has 0 heterocycles. The van der Waals surface area contributed by atoms with E-state index in [-0.39, 0.29) is 16.8 Å². The molecular weight excluding hydrogens is 418 g/mol. The van der Waals surface area contributed by atoms with Crippen molar-refractivity contribution in [2.75, 3.05) is 32.8 Å². The topological polar surface area (TPSA) is 117 Å². The Bertz CT molecular complexity index is 942. The fraction of sp³-hybridized carbons (Fsp3) is 0.200. The van der Waals surface area contributed by atoms with Gasteiger partial charge in [0.15, 0.2) is 13.2 Å². The second-order valence-electron chi connectivity index (χ2n) is 5.69. The number of amides is 1. The van der Waals surface area contributed by atoms with Crippen molar-refractivity contribution in [2.45, 2.75) is 0 Å². The van der Waals surface area contributed by atoms with E-state index in [0.717, 1.165) is 0 Å². The first-order valence-corrected chi connectivity index (χ1v) is 8.86. The van der Waals surface area contributed by atoms with Gasteiger partial charge in [0, 0.05) is 5.02 Å². The van der Waals surface area contributed by atoms with Crippen molar-refractivity contribution in [3.05, 3.63) is 58.6 Å². The number of hydrogen-bond acceptors (Lipinski definition) is 8. The number of halogens is 1. The van der Waals surface area contributed by atoms with Crippen LogP contribution < -0.4 is 10.1 Å². The van der Waals surface area contributed by atoms with Gasteiger partial charge in [-0.3, -0.25) is 4.79 Å². The number of rotatable bonds is 8. The average molecular weight is 436 g/mol. The maximum absolute atomic E-state index is 12.1. The highest BCUT2D eigenvalue weighted by atomic mass is 35.5. The summed E-state index contributed by atoms with van der Waals surface area (Å²) in [6.07, 6.45) is 0. The van der Waals surface area contributed by atoms with Gasteiger partial charge in [-0.25, -0.2) is 14.4 Å². The summed E-state index contributed by atoms with van der Waals surface area (Å²) in [5, 5.41) is 2.92. The maximum Gasteiger partial charge on any atom is 0.344 e. The quantitative estimate of drug-likeness (QED) is 0.496. The Labute approximate surface area is 176 Å². The molecule has 9 nitrogen and oxygen atoms in total. The van der Waals surface area contributed by atoms with Gasteiger partial charge in [0.1, 0.15) is 5.75 Å². The van der Waals surface area contributed by atoms with E-state index in [2.05, 4.69) is 14.8 Å². The minimum absolute atomic E-state index is 0.00298. The van der Waals surface area contributed by atoms with Crippen LogP contribution in [0, 0.1) is 0 Å². The van der Waals surface area contributed by atoms with Crippen LogP contribution in [0.3, 0.4) is 0 Å². The first kappa shape index (κ1) is 22.7. The summed E-state index contributed by atoms with van der Waals surface area (Å²) in [6, 6.07) is 10.2. The second-order valence-corrected chi connectivity index (χ2v) is 6.13. The molecule has 0 unspecified atom stereocenters. The Balaban J connectivity index is 1.95. The average Bonchev–Trinajstić information content (AvgIpc) is 2.76. The Morgan fingerprint density at radius 2 is 1.57 bits per heavy atom. The smallest absolute Gasteiger partial charge is 0.344 e. The fourth-order valence-corrected chi connectivity index (χ4v) is 2.35. The first-order chi connectivity index (χ1) is 14.3. The van der Waals surface area contributed by atoms with Crippen LogP contribution >= 0.6 is 11.6 Å². The zero-order valence-electron chi connectivity index (χ0n) is 16.1. The third-order valence-corrected chi connectivity index (χ3v) is 3.91. The normalized spacial score (nSPS) is 9.97. The largest absolute Gasteiger partial charge is 0.482 e. The lowest BCUT2D eigenvalue weighted by atomic mass is 10.1. The third kappa shape index (κ3) is 6.49. The van der Waals surface area contributed by atoms with Crippen molar-refractivity contribution in [1.29, 1.82) is 0 Å². The van der Waals surface area contributed by atoms with Gasteiger partial charge in [0.2, 0.25) is 0 Å². The predicted octanol–water partition coefficient (Wildman–Crippen LogP) is 2.47. The van der Waals surface area contributed by atoms with Crippen molar-refractivity contribution >= 4 is 41.1 Å². The molecule has 0 fully saturated rings. The number of carbonyl (C=O) groups excluding carboxylic acids is 4. The minimum Gasteiger partial charge on any atom is -0.482 e. The molecule has 10 heteroatoms. The highest BCUT2D eigenvalue weighted by molar-refractivity contribution is 6.30. The Morgan fingerprint density at radius 3 is 2.20 bits per heavy atom. The summed E-state index contributed by atoms with van der Waals surface area (Å²) < 4.78 is 19.3. The standard InChI is InChI=1S/C20H18ClNO8/c1-27-19(25)12-3-8-15(20(26)28-2)16(9-12)22-17(23)10-30-18(24)11-29-14-6-4-13(21)5-7-14/h3-9H,10-11H2,1-2H3,(H,22,23). The third-order valence-electron chi connectivity index (χ3n) is 3.65. The van der Waals surface area contributed by atoms with E-state index in [9.17, 15) is 19.2 Å². The highest BCUT2D eigenvalue weighted by Gasteiger charge is 2.18. The number of nitrogens with one attached hydrogen (secondary N) is 1.